The van der Waals surface area contributed by atoms with Crippen molar-refractivity contribution in [2.24, 2.45) is 40.4 Å². The Morgan fingerprint density at radius 1 is 0.931 bits per heavy atom. The number of hydrogen-bond donors (Lipinski definition) is 0. The highest BCUT2D eigenvalue weighted by Crippen LogP contribution is 2.67. The molecule has 0 amide bonds. The second kappa shape index (κ2) is 7.33. The zero-order valence-corrected chi connectivity index (χ0v) is 18.4. The fourth-order valence-electron chi connectivity index (χ4n) is 8.13. The molecule has 4 rings (SSSR count). The highest BCUT2D eigenvalue weighted by molar-refractivity contribution is 5.66. The van der Waals surface area contributed by atoms with Gasteiger partial charge < -0.3 is 9.47 Å². The number of carbonyl (C=O) groups is 2. The minimum Gasteiger partial charge on any atom is -0.462 e. The van der Waals surface area contributed by atoms with Gasteiger partial charge >= 0.3 is 11.9 Å². The van der Waals surface area contributed by atoms with Crippen LogP contribution in [-0.2, 0) is 19.1 Å². The summed E-state index contributed by atoms with van der Waals surface area (Å²) in [7, 11) is 0. The summed E-state index contributed by atoms with van der Waals surface area (Å²) in [4.78, 5) is 23.3. The van der Waals surface area contributed by atoms with E-state index in [1.165, 1.54) is 33.1 Å². The van der Waals surface area contributed by atoms with Crippen LogP contribution in [0.15, 0.2) is 0 Å². The number of rotatable bonds is 2. The maximum Gasteiger partial charge on any atom is 0.302 e. The van der Waals surface area contributed by atoms with E-state index in [4.69, 9.17) is 15.9 Å². The maximum atomic E-state index is 11.7. The lowest BCUT2D eigenvalue weighted by Gasteiger charge is -2.61. The summed E-state index contributed by atoms with van der Waals surface area (Å²) >= 11 is 0. The zero-order chi connectivity index (χ0) is 21.0. The molecule has 29 heavy (non-hydrogen) atoms. The lowest BCUT2D eigenvalue weighted by Crippen LogP contribution is -2.56. The summed E-state index contributed by atoms with van der Waals surface area (Å²) in [5.41, 5.74) is 0.290. The first-order valence-electron chi connectivity index (χ1n) is 11.5. The summed E-state index contributed by atoms with van der Waals surface area (Å²) in [6.45, 7) is 7.83. The van der Waals surface area contributed by atoms with Crippen molar-refractivity contribution >= 4 is 11.9 Å². The molecule has 4 saturated carbocycles. The Morgan fingerprint density at radius 3 is 2.28 bits per heavy atom. The van der Waals surface area contributed by atoms with Gasteiger partial charge in [0.1, 0.15) is 12.2 Å². The smallest absolute Gasteiger partial charge is 0.302 e. The van der Waals surface area contributed by atoms with E-state index >= 15 is 0 Å². The lowest BCUT2D eigenvalue weighted by atomic mass is 9.44. The molecule has 9 atom stereocenters. The van der Waals surface area contributed by atoms with Crippen molar-refractivity contribution in [3.8, 4) is 12.3 Å². The number of terminal acetylenes is 1. The summed E-state index contributed by atoms with van der Waals surface area (Å²) < 4.78 is 11.5. The third-order valence-electron chi connectivity index (χ3n) is 9.45. The molecule has 0 aromatic rings. The van der Waals surface area contributed by atoms with E-state index in [1.54, 1.807) is 0 Å². The standard InChI is InChI=1S/C25H36O4/c1-6-17-13-18-7-8-19-20-9-10-23(29-16(3)27)24(20,4)12-11-21(19)25(18,5)14-22(17)28-15(2)26/h1,17-23H,7-14H2,2-5H3/t17-,18+,19-,20-,21-,22+,23+,24+,25+/m1/s1. The maximum absolute atomic E-state index is 11.7. The van der Waals surface area contributed by atoms with Crippen LogP contribution in [0.3, 0.4) is 0 Å². The molecule has 4 aliphatic rings. The summed E-state index contributed by atoms with van der Waals surface area (Å²) in [6, 6.07) is 0. The van der Waals surface area contributed by atoms with Crippen molar-refractivity contribution in [2.45, 2.75) is 91.3 Å². The molecule has 0 N–H and O–H groups in total. The lowest BCUT2D eigenvalue weighted by molar-refractivity contribution is -0.175. The predicted octanol–water partition coefficient (Wildman–Crippen LogP) is 4.75. The average Bonchev–Trinajstić information content (AvgIpc) is 2.96. The molecule has 4 nitrogen and oxygen atoms in total. The van der Waals surface area contributed by atoms with Crippen molar-refractivity contribution in [2.75, 3.05) is 0 Å². The van der Waals surface area contributed by atoms with E-state index in [1.807, 2.05) is 0 Å². The summed E-state index contributed by atoms with van der Waals surface area (Å²) in [6.07, 6.45) is 14.6. The van der Waals surface area contributed by atoms with Crippen molar-refractivity contribution < 1.29 is 19.1 Å². The highest BCUT2D eigenvalue weighted by Gasteiger charge is 2.62. The van der Waals surface area contributed by atoms with Crippen LogP contribution >= 0.6 is 0 Å². The van der Waals surface area contributed by atoms with Crippen molar-refractivity contribution in [1.82, 2.24) is 0 Å². The fraction of sp³-hybridized carbons (Fsp3) is 0.840. The van der Waals surface area contributed by atoms with Gasteiger partial charge in [0.15, 0.2) is 0 Å². The van der Waals surface area contributed by atoms with E-state index in [0.717, 1.165) is 32.1 Å². The fourth-order valence-corrected chi connectivity index (χ4v) is 8.13. The van der Waals surface area contributed by atoms with Gasteiger partial charge in [-0.05, 0) is 80.5 Å². The van der Waals surface area contributed by atoms with Crippen LogP contribution in [0.4, 0.5) is 0 Å². The van der Waals surface area contributed by atoms with Crippen molar-refractivity contribution in [3.05, 3.63) is 0 Å². The third kappa shape index (κ3) is 3.29. The third-order valence-corrected chi connectivity index (χ3v) is 9.45. The molecule has 0 aromatic carbocycles. The normalized spacial score (nSPS) is 48.4. The molecule has 4 fully saturated rings. The number of carbonyl (C=O) groups excluding carboxylic acids is 2. The molecule has 0 radical (unpaired) electrons. The molecule has 4 aliphatic carbocycles. The molecule has 0 saturated heterocycles. The Balaban J connectivity index is 1.58. The van der Waals surface area contributed by atoms with E-state index in [9.17, 15) is 9.59 Å². The number of hydrogen-bond acceptors (Lipinski definition) is 4. The Hall–Kier alpha value is -1.50. The van der Waals surface area contributed by atoms with Gasteiger partial charge in [-0.25, -0.2) is 0 Å². The van der Waals surface area contributed by atoms with Crippen LogP contribution in [0.2, 0.25) is 0 Å². The highest BCUT2D eigenvalue weighted by atomic mass is 16.5. The molecule has 0 bridgehead atoms. The van der Waals surface area contributed by atoms with Gasteiger partial charge in [0.05, 0.1) is 5.92 Å². The van der Waals surface area contributed by atoms with E-state index in [2.05, 4.69) is 19.8 Å². The first kappa shape index (κ1) is 20.8. The van der Waals surface area contributed by atoms with Gasteiger partial charge in [-0.1, -0.05) is 19.8 Å². The minimum atomic E-state index is -0.221. The Bertz CT molecular complexity index is 723. The van der Waals surface area contributed by atoms with E-state index in [-0.39, 0.29) is 40.9 Å². The number of ether oxygens (including phenoxy) is 2. The van der Waals surface area contributed by atoms with Gasteiger partial charge in [0, 0.05) is 19.3 Å². The largest absolute Gasteiger partial charge is 0.462 e. The molecule has 0 heterocycles. The zero-order valence-electron chi connectivity index (χ0n) is 18.4. The molecule has 0 aromatic heterocycles. The SMILES string of the molecule is C#C[C@@H]1C[C@@H]2CC[C@H]3[C@@H](CC[C@]4(C)[C@@H](OC(C)=O)CC[C@H]34)[C@@]2(C)C[C@@H]1OC(C)=O. The topological polar surface area (TPSA) is 52.6 Å². The van der Waals surface area contributed by atoms with Gasteiger partial charge in [0.2, 0.25) is 0 Å². The van der Waals surface area contributed by atoms with E-state index < -0.39 is 0 Å². The average molecular weight is 401 g/mol. The van der Waals surface area contributed by atoms with Gasteiger partial charge in [-0.15, -0.1) is 6.42 Å². The van der Waals surface area contributed by atoms with Gasteiger partial charge in [-0.2, -0.15) is 0 Å². The second-order valence-electron chi connectivity index (χ2n) is 10.7. The minimum absolute atomic E-state index is 0.0437. The predicted molar refractivity (Wildman–Crippen MR) is 111 cm³/mol. The van der Waals surface area contributed by atoms with Crippen LogP contribution in [0, 0.1) is 52.8 Å². The molecule has 0 unspecified atom stereocenters. The number of esters is 2. The summed E-state index contributed by atoms with van der Waals surface area (Å²) in [5, 5.41) is 0. The Labute approximate surface area is 175 Å². The molecular formula is C25H36O4. The molecule has 160 valence electrons. The second-order valence-corrected chi connectivity index (χ2v) is 10.7. The van der Waals surface area contributed by atoms with Crippen molar-refractivity contribution in [1.29, 1.82) is 0 Å². The van der Waals surface area contributed by atoms with Crippen LogP contribution in [0.1, 0.15) is 79.1 Å². The molecule has 0 spiro atoms. The summed E-state index contributed by atoms with van der Waals surface area (Å²) in [5.74, 6) is 5.16. The Kier molecular flexibility index (Phi) is 5.24. The van der Waals surface area contributed by atoms with Gasteiger partial charge in [-0.3, -0.25) is 9.59 Å². The first-order valence-corrected chi connectivity index (χ1v) is 11.5. The first-order chi connectivity index (χ1) is 13.7. The van der Waals surface area contributed by atoms with Crippen LogP contribution in [0.25, 0.3) is 0 Å². The van der Waals surface area contributed by atoms with Crippen LogP contribution in [-0.4, -0.2) is 24.1 Å². The van der Waals surface area contributed by atoms with Crippen LogP contribution in [0.5, 0.6) is 0 Å². The Morgan fingerprint density at radius 2 is 1.62 bits per heavy atom. The molecule has 4 heteroatoms. The van der Waals surface area contributed by atoms with Crippen molar-refractivity contribution in [3.63, 3.8) is 0 Å². The molecular weight excluding hydrogens is 364 g/mol. The van der Waals surface area contributed by atoms with Gasteiger partial charge in [0.25, 0.3) is 0 Å². The van der Waals surface area contributed by atoms with Crippen LogP contribution < -0.4 is 0 Å². The monoisotopic (exact) mass is 400 g/mol. The quantitative estimate of drug-likeness (QED) is 0.496. The van der Waals surface area contributed by atoms with E-state index in [0.29, 0.717) is 23.7 Å². The number of fused-ring (bicyclic) bond motifs is 5. The molecule has 0 aliphatic heterocycles.